The molecule has 1 nitrogen and oxygen atoms in total. The quantitative estimate of drug-likeness (QED) is 0.757. The Balaban J connectivity index is 2.65. The Hall–Kier alpha value is 0.01000. The van der Waals surface area contributed by atoms with Gasteiger partial charge in [-0.05, 0) is 12.1 Å². The van der Waals surface area contributed by atoms with Gasteiger partial charge in [-0.2, -0.15) is 0 Å². The van der Waals surface area contributed by atoms with Crippen LogP contribution in [-0.4, -0.2) is 10.4 Å². The zero-order chi connectivity index (χ0) is 9.14. The van der Waals surface area contributed by atoms with Gasteiger partial charge in [-0.25, -0.2) is 0 Å². The van der Waals surface area contributed by atoms with Crippen molar-refractivity contribution in [3.63, 3.8) is 0 Å². The highest BCUT2D eigenvalue weighted by atomic mass is 35.5. The number of carbonyl (C=O) groups is 1. The van der Waals surface area contributed by atoms with Gasteiger partial charge in [-0.3, -0.25) is 4.79 Å². The van der Waals surface area contributed by atoms with Gasteiger partial charge in [0.1, 0.15) is 0 Å². The molecule has 1 rings (SSSR count). The van der Waals surface area contributed by atoms with E-state index in [0.717, 1.165) is 4.88 Å². The van der Waals surface area contributed by atoms with E-state index < -0.39 is 0 Å². The number of rotatable bonds is 2. The Morgan fingerprint density at radius 3 is 2.67 bits per heavy atom. The molecule has 0 unspecified atom stereocenters. The predicted octanol–water partition coefficient (Wildman–Crippen LogP) is 3.68. The molecule has 4 heteroatoms. The van der Waals surface area contributed by atoms with E-state index in [-0.39, 0.29) is 5.12 Å². The Labute approximate surface area is 85.1 Å². The maximum Gasteiger partial charge on any atom is 0.229 e. The van der Waals surface area contributed by atoms with E-state index in [2.05, 4.69) is 0 Å². The highest BCUT2D eigenvalue weighted by Gasteiger charge is 2.10. The van der Waals surface area contributed by atoms with E-state index in [1.165, 1.54) is 23.1 Å². The molecule has 0 saturated heterocycles. The molecule has 1 aromatic rings. The molecule has 0 aromatic carbocycles. The summed E-state index contributed by atoms with van der Waals surface area (Å²) in [5, 5.41) is 0.445. The molecule has 0 saturated carbocycles. The van der Waals surface area contributed by atoms with Crippen LogP contribution in [0.25, 0.3) is 0 Å². The third-order valence-corrected chi connectivity index (χ3v) is 3.38. The third-order valence-electron chi connectivity index (χ3n) is 1.12. The van der Waals surface area contributed by atoms with Crippen LogP contribution in [0.5, 0.6) is 0 Å². The lowest BCUT2D eigenvalue weighted by Gasteiger charge is -1.99. The van der Waals surface area contributed by atoms with Crippen molar-refractivity contribution in [2.24, 2.45) is 0 Å². The van der Waals surface area contributed by atoms with Gasteiger partial charge < -0.3 is 0 Å². The Morgan fingerprint density at radius 2 is 2.25 bits per heavy atom. The van der Waals surface area contributed by atoms with Crippen molar-refractivity contribution >= 4 is 39.8 Å². The van der Waals surface area contributed by atoms with Crippen molar-refractivity contribution < 1.29 is 4.79 Å². The standard InChI is InChI=1S/C8H9ClOS2/c1-5(2)11-8(10)6-3-4-7(9)12-6/h3-5H,1-2H3. The second kappa shape index (κ2) is 4.30. The van der Waals surface area contributed by atoms with Crippen LogP contribution in [0, 0.1) is 0 Å². The molecule has 0 spiro atoms. The molecule has 0 atom stereocenters. The third kappa shape index (κ3) is 2.81. The molecule has 0 amide bonds. The van der Waals surface area contributed by atoms with E-state index in [1.807, 2.05) is 13.8 Å². The first kappa shape index (κ1) is 10.1. The number of hydrogen-bond acceptors (Lipinski definition) is 3. The van der Waals surface area contributed by atoms with E-state index in [4.69, 9.17) is 11.6 Å². The minimum Gasteiger partial charge on any atom is -0.281 e. The summed E-state index contributed by atoms with van der Waals surface area (Å²) < 4.78 is 0.669. The molecule has 0 fully saturated rings. The zero-order valence-corrected chi connectivity index (χ0v) is 9.22. The molecule has 0 bridgehead atoms. The molecule has 1 heterocycles. The minimum atomic E-state index is 0.113. The maximum atomic E-state index is 11.4. The van der Waals surface area contributed by atoms with Crippen LogP contribution < -0.4 is 0 Å². The summed E-state index contributed by atoms with van der Waals surface area (Å²) in [4.78, 5) is 12.1. The highest BCUT2D eigenvalue weighted by molar-refractivity contribution is 8.14. The van der Waals surface area contributed by atoms with Crippen molar-refractivity contribution in [1.29, 1.82) is 0 Å². The lowest BCUT2D eigenvalue weighted by Crippen LogP contribution is -1.95. The first-order chi connectivity index (χ1) is 5.59. The first-order valence-corrected chi connectivity index (χ1v) is 5.63. The summed E-state index contributed by atoms with van der Waals surface area (Å²) in [5.74, 6) is 0. The molecule has 1 aromatic heterocycles. The van der Waals surface area contributed by atoms with Crippen molar-refractivity contribution in [2.45, 2.75) is 19.1 Å². The van der Waals surface area contributed by atoms with E-state index in [0.29, 0.717) is 9.59 Å². The number of thioether (sulfide) groups is 1. The molecule has 12 heavy (non-hydrogen) atoms. The SMILES string of the molecule is CC(C)SC(=O)c1ccc(Cl)s1. The normalized spacial score (nSPS) is 10.7. The van der Waals surface area contributed by atoms with Crippen LogP contribution in [0.15, 0.2) is 12.1 Å². The predicted molar refractivity (Wildman–Crippen MR) is 56.4 cm³/mol. The van der Waals surface area contributed by atoms with Crippen molar-refractivity contribution in [3.05, 3.63) is 21.3 Å². The van der Waals surface area contributed by atoms with Crippen molar-refractivity contribution in [2.75, 3.05) is 0 Å². The van der Waals surface area contributed by atoms with Gasteiger partial charge in [0.25, 0.3) is 0 Å². The average Bonchev–Trinajstić information content (AvgIpc) is 2.34. The molecule has 0 aliphatic carbocycles. The van der Waals surface area contributed by atoms with Gasteiger partial charge in [-0.15, -0.1) is 11.3 Å². The molecule has 0 aliphatic heterocycles. The Kier molecular flexibility index (Phi) is 3.62. The van der Waals surface area contributed by atoms with Gasteiger partial charge >= 0.3 is 0 Å². The Morgan fingerprint density at radius 1 is 1.58 bits per heavy atom. The highest BCUT2D eigenvalue weighted by Crippen LogP contribution is 2.26. The van der Waals surface area contributed by atoms with Gasteiger partial charge in [0, 0.05) is 5.25 Å². The first-order valence-electron chi connectivity index (χ1n) is 3.56. The van der Waals surface area contributed by atoms with Gasteiger partial charge in [-0.1, -0.05) is 37.2 Å². The summed E-state index contributed by atoms with van der Waals surface area (Å²) in [7, 11) is 0. The monoisotopic (exact) mass is 220 g/mol. The number of carbonyl (C=O) groups excluding carboxylic acids is 1. The van der Waals surface area contributed by atoms with Gasteiger partial charge in [0.05, 0.1) is 9.21 Å². The fraction of sp³-hybridized carbons (Fsp3) is 0.375. The summed E-state index contributed by atoms with van der Waals surface area (Å²) >= 11 is 8.36. The molecule has 0 radical (unpaired) electrons. The Bertz CT molecular complexity index is 280. The van der Waals surface area contributed by atoms with Crippen LogP contribution in [0.2, 0.25) is 4.34 Å². The number of halogens is 1. The van der Waals surface area contributed by atoms with E-state index in [9.17, 15) is 4.79 Å². The lowest BCUT2D eigenvalue weighted by molar-refractivity contribution is 0.109. The van der Waals surface area contributed by atoms with Crippen molar-refractivity contribution in [1.82, 2.24) is 0 Å². The fourth-order valence-corrected chi connectivity index (χ4v) is 2.46. The number of hydrogen-bond donors (Lipinski definition) is 0. The second-order valence-corrected chi connectivity index (χ2v) is 5.82. The lowest BCUT2D eigenvalue weighted by atomic mass is 10.5. The van der Waals surface area contributed by atoms with Crippen LogP contribution in [0.1, 0.15) is 23.5 Å². The van der Waals surface area contributed by atoms with E-state index in [1.54, 1.807) is 12.1 Å². The largest absolute Gasteiger partial charge is 0.281 e. The van der Waals surface area contributed by atoms with Crippen LogP contribution >= 0.6 is 34.7 Å². The summed E-state index contributed by atoms with van der Waals surface area (Å²) in [5.41, 5.74) is 0. The average molecular weight is 221 g/mol. The molecular weight excluding hydrogens is 212 g/mol. The summed E-state index contributed by atoms with van der Waals surface area (Å²) in [6.07, 6.45) is 0. The molecule has 0 aliphatic rings. The van der Waals surface area contributed by atoms with Crippen molar-refractivity contribution in [3.8, 4) is 0 Å². The van der Waals surface area contributed by atoms with Gasteiger partial charge in [0.15, 0.2) is 0 Å². The summed E-state index contributed by atoms with van der Waals surface area (Å²) in [6, 6.07) is 3.52. The van der Waals surface area contributed by atoms with Crippen LogP contribution in [0.4, 0.5) is 0 Å². The minimum absolute atomic E-state index is 0.113. The molecular formula is C8H9ClOS2. The smallest absolute Gasteiger partial charge is 0.229 e. The molecule has 0 N–H and O–H groups in total. The second-order valence-electron chi connectivity index (χ2n) is 2.56. The van der Waals surface area contributed by atoms with Crippen LogP contribution in [-0.2, 0) is 0 Å². The van der Waals surface area contributed by atoms with Gasteiger partial charge in [0.2, 0.25) is 5.12 Å². The fourth-order valence-electron chi connectivity index (χ4n) is 0.696. The maximum absolute atomic E-state index is 11.4. The van der Waals surface area contributed by atoms with E-state index >= 15 is 0 Å². The topological polar surface area (TPSA) is 17.1 Å². The zero-order valence-electron chi connectivity index (χ0n) is 6.83. The number of thiophene rings is 1. The van der Waals surface area contributed by atoms with Crippen LogP contribution in [0.3, 0.4) is 0 Å². The summed E-state index contributed by atoms with van der Waals surface area (Å²) in [6.45, 7) is 4.00. The molecule has 66 valence electrons.